The van der Waals surface area contributed by atoms with Crippen LogP contribution in [0.2, 0.25) is 5.02 Å². The first-order valence-corrected chi connectivity index (χ1v) is 6.91. The van der Waals surface area contributed by atoms with Crippen LogP contribution >= 0.6 is 11.6 Å². The number of nitrogens with one attached hydrogen (secondary N) is 1. The fourth-order valence-electron chi connectivity index (χ4n) is 2.01. The molecule has 0 fully saturated rings. The predicted octanol–water partition coefficient (Wildman–Crippen LogP) is 5.42. The molecular weight excluding hydrogens is 296 g/mol. The highest BCUT2D eigenvalue weighted by molar-refractivity contribution is 6.33. The third-order valence-electron chi connectivity index (χ3n) is 3.08. The maximum absolute atomic E-state index is 12.2. The van der Waals surface area contributed by atoms with Crippen molar-refractivity contribution in [3.63, 3.8) is 0 Å². The van der Waals surface area contributed by atoms with Crippen molar-refractivity contribution >= 4 is 17.3 Å². The molecule has 0 saturated carbocycles. The van der Waals surface area contributed by atoms with Crippen LogP contribution in [-0.2, 0) is 0 Å². The lowest BCUT2D eigenvalue weighted by Gasteiger charge is -2.18. The summed E-state index contributed by atoms with van der Waals surface area (Å²) < 4.78 is 28.9. The van der Waals surface area contributed by atoms with Crippen LogP contribution < -0.4 is 10.1 Å². The van der Waals surface area contributed by atoms with E-state index in [2.05, 4.69) is 10.1 Å². The van der Waals surface area contributed by atoms with Crippen LogP contribution in [0.3, 0.4) is 0 Å². The Morgan fingerprint density at radius 2 is 1.90 bits per heavy atom. The van der Waals surface area contributed by atoms with Crippen LogP contribution in [0, 0.1) is 6.92 Å². The van der Waals surface area contributed by atoms with Crippen LogP contribution in [-0.4, -0.2) is 6.61 Å². The number of aryl methyl sites for hydroxylation is 1. The van der Waals surface area contributed by atoms with Gasteiger partial charge in [-0.2, -0.15) is 8.78 Å². The maximum Gasteiger partial charge on any atom is 0.387 e. The second kappa shape index (κ2) is 6.76. The van der Waals surface area contributed by atoms with Gasteiger partial charge in [-0.25, -0.2) is 0 Å². The average molecular weight is 312 g/mol. The molecule has 0 aromatic heterocycles. The van der Waals surface area contributed by atoms with Crippen molar-refractivity contribution < 1.29 is 13.5 Å². The second-order valence-electron chi connectivity index (χ2n) is 4.80. The molecule has 1 atom stereocenters. The molecule has 5 heteroatoms. The highest BCUT2D eigenvalue weighted by atomic mass is 35.5. The van der Waals surface area contributed by atoms with Gasteiger partial charge in [0.2, 0.25) is 0 Å². The normalized spacial score (nSPS) is 12.3. The first kappa shape index (κ1) is 15.6. The molecule has 0 aliphatic rings. The third-order valence-corrected chi connectivity index (χ3v) is 3.39. The van der Waals surface area contributed by atoms with Crippen molar-refractivity contribution in [3.8, 4) is 5.75 Å². The molecule has 0 bridgehead atoms. The van der Waals surface area contributed by atoms with Gasteiger partial charge in [0, 0.05) is 6.04 Å². The predicted molar refractivity (Wildman–Crippen MR) is 81.3 cm³/mol. The van der Waals surface area contributed by atoms with Gasteiger partial charge in [-0.15, -0.1) is 0 Å². The molecule has 1 N–H and O–H groups in total. The number of hydrogen-bond donors (Lipinski definition) is 1. The Labute approximate surface area is 127 Å². The smallest absolute Gasteiger partial charge is 0.387 e. The molecule has 21 heavy (non-hydrogen) atoms. The summed E-state index contributed by atoms with van der Waals surface area (Å²) >= 11 is 6.17. The standard InChI is InChI=1S/C16H16ClF2NO/c1-10-6-7-15(14(17)8-10)20-11(2)12-4-3-5-13(9-12)21-16(18)19/h3-9,11,16,20H,1-2H3. The summed E-state index contributed by atoms with van der Waals surface area (Å²) in [6, 6.07) is 12.2. The van der Waals surface area contributed by atoms with E-state index >= 15 is 0 Å². The number of alkyl halides is 2. The SMILES string of the molecule is Cc1ccc(NC(C)c2cccc(OC(F)F)c2)c(Cl)c1. The molecule has 0 aliphatic carbocycles. The van der Waals surface area contributed by atoms with Crippen LogP contribution in [0.4, 0.5) is 14.5 Å². The lowest BCUT2D eigenvalue weighted by Crippen LogP contribution is -2.08. The highest BCUT2D eigenvalue weighted by Crippen LogP contribution is 2.28. The number of ether oxygens (including phenoxy) is 1. The van der Waals surface area contributed by atoms with Gasteiger partial charge < -0.3 is 10.1 Å². The summed E-state index contributed by atoms with van der Waals surface area (Å²) in [5.41, 5.74) is 2.71. The van der Waals surface area contributed by atoms with E-state index in [1.807, 2.05) is 38.1 Å². The van der Waals surface area contributed by atoms with Crippen molar-refractivity contribution in [2.45, 2.75) is 26.5 Å². The zero-order valence-electron chi connectivity index (χ0n) is 11.7. The summed E-state index contributed by atoms with van der Waals surface area (Å²) in [4.78, 5) is 0. The summed E-state index contributed by atoms with van der Waals surface area (Å²) in [7, 11) is 0. The average Bonchev–Trinajstić information content (AvgIpc) is 2.41. The Hall–Kier alpha value is -1.81. The molecule has 0 amide bonds. The number of benzene rings is 2. The summed E-state index contributed by atoms with van der Waals surface area (Å²) in [6.07, 6.45) is 0. The topological polar surface area (TPSA) is 21.3 Å². The van der Waals surface area contributed by atoms with Gasteiger partial charge in [0.05, 0.1) is 10.7 Å². The van der Waals surface area contributed by atoms with E-state index in [1.165, 1.54) is 6.07 Å². The summed E-state index contributed by atoms with van der Waals surface area (Å²) in [5, 5.41) is 3.89. The van der Waals surface area contributed by atoms with E-state index in [0.29, 0.717) is 5.02 Å². The van der Waals surface area contributed by atoms with E-state index in [-0.39, 0.29) is 11.8 Å². The first-order chi connectivity index (χ1) is 9.95. The fraction of sp³-hybridized carbons (Fsp3) is 0.250. The Morgan fingerprint density at radius 1 is 1.14 bits per heavy atom. The molecule has 0 heterocycles. The Kier molecular flexibility index (Phi) is 5.02. The number of hydrogen-bond acceptors (Lipinski definition) is 2. The molecule has 1 unspecified atom stereocenters. The van der Waals surface area contributed by atoms with Crippen molar-refractivity contribution in [1.29, 1.82) is 0 Å². The van der Waals surface area contributed by atoms with Crippen molar-refractivity contribution in [1.82, 2.24) is 0 Å². The first-order valence-electron chi connectivity index (χ1n) is 6.53. The molecular formula is C16H16ClF2NO. The zero-order chi connectivity index (χ0) is 15.4. The van der Waals surface area contributed by atoms with Gasteiger partial charge in [0.1, 0.15) is 5.75 Å². The number of anilines is 1. The highest BCUT2D eigenvalue weighted by Gasteiger charge is 2.10. The number of halogens is 3. The monoisotopic (exact) mass is 311 g/mol. The molecule has 112 valence electrons. The number of rotatable bonds is 5. The van der Waals surface area contributed by atoms with Crippen LogP contribution in [0.5, 0.6) is 5.75 Å². The quantitative estimate of drug-likeness (QED) is 0.795. The largest absolute Gasteiger partial charge is 0.435 e. The third kappa shape index (κ3) is 4.33. The maximum atomic E-state index is 12.2. The van der Waals surface area contributed by atoms with Gasteiger partial charge in [-0.3, -0.25) is 0 Å². The van der Waals surface area contributed by atoms with Gasteiger partial charge in [-0.05, 0) is 49.2 Å². The fourth-order valence-corrected chi connectivity index (χ4v) is 2.30. The van der Waals surface area contributed by atoms with E-state index in [4.69, 9.17) is 11.6 Å². The lowest BCUT2D eigenvalue weighted by molar-refractivity contribution is -0.0498. The second-order valence-corrected chi connectivity index (χ2v) is 5.21. The zero-order valence-corrected chi connectivity index (χ0v) is 12.5. The molecule has 0 saturated heterocycles. The van der Waals surface area contributed by atoms with Gasteiger partial charge in [0.25, 0.3) is 0 Å². The van der Waals surface area contributed by atoms with Gasteiger partial charge >= 0.3 is 6.61 Å². The molecule has 0 aliphatic heterocycles. The van der Waals surface area contributed by atoms with Crippen molar-refractivity contribution in [2.75, 3.05) is 5.32 Å². The van der Waals surface area contributed by atoms with Crippen molar-refractivity contribution in [2.24, 2.45) is 0 Å². The van der Waals surface area contributed by atoms with Gasteiger partial charge in [0.15, 0.2) is 0 Å². The Bertz CT molecular complexity index is 619. The van der Waals surface area contributed by atoms with Gasteiger partial charge in [-0.1, -0.05) is 29.8 Å². The minimum absolute atomic E-state index is 0.0913. The van der Waals surface area contributed by atoms with Crippen molar-refractivity contribution in [3.05, 3.63) is 58.6 Å². The molecule has 2 aromatic carbocycles. The van der Waals surface area contributed by atoms with Crippen LogP contribution in [0.1, 0.15) is 24.1 Å². The Balaban J connectivity index is 2.14. The van der Waals surface area contributed by atoms with Crippen LogP contribution in [0.25, 0.3) is 0 Å². The van der Waals surface area contributed by atoms with E-state index in [9.17, 15) is 8.78 Å². The summed E-state index contributed by atoms with van der Waals surface area (Å²) in [6.45, 7) is 1.07. The molecule has 2 rings (SSSR count). The molecule has 2 aromatic rings. The van der Waals surface area contributed by atoms with E-state index in [1.54, 1.807) is 12.1 Å². The van der Waals surface area contributed by atoms with Crippen LogP contribution in [0.15, 0.2) is 42.5 Å². The molecule has 2 nitrogen and oxygen atoms in total. The lowest BCUT2D eigenvalue weighted by atomic mass is 10.1. The van der Waals surface area contributed by atoms with E-state index < -0.39 is 6.61 Å². The minimum Gasteiger partial charge on any atom is -0.435 e. The molecule has 0 spiro atoms. The molecule has 0 radical (unpaired) electrons. The Morgan fingerprint density at radius 3 is 2.57 bits per heavy atom. The van der Waals surface area contributed by atoms with E-state index in [0.717, 1.165) is 16.8 Å². The minimum atomic E-state index is -2.82. The summed E-state index contributed by atoms with van der Waals surface area (Å²) in [5.74, 6) is 0.145.